The molecule has 0 saturated heterocycles. The molecular weight excluding hydrogens is 220 g/mol. The van der Waals surface area contributed by atoms with Crippen LogP contribution in [0.2, 0.25) is 0 Å². The first kappa shape index (κ1) is 13.2. The first-order valence-electron chi connectivity index (χ1n) is 5.20. The molecule has 5 heteroatoms. The van der Waals surface area contributed by atoms with Gasteiger partial charge < -0.3 is 15.6 Å². The number of nitriles is 1. The summed E-state index contributed by atoms with van der Waals surface area (Å²) in [5.74, 6) is -0.649. The molecule has 5 nitrogen and oxygen atoms in total. The van der Waals surface area contributed by atoms with Crippen molar-refractivity contribution in [3.05, 3.63) is 35.4 Å². The van der Waals surface area contributed by atoms with E-state index < -0.39 is 18.1 Å². The number of aliphatic hydroxyl groups is 1. The van der Waals surface area contributed by atoms with Gasteiger partial charge in [0.1, 0.15) is 12.1 Å². The molecule has 1 aromatic rings. The van der Waals surface area contributed by atoms with Crippen molar-refractivity contribution in [2.45, 2.75) is 19.1 Å². The molecule has 0 amide bonds. The maximum Gasteiger partial charge on any atom is 0.325 e. The Kier molecular flexibility index (Phi) is 4.64. The van der Waals surface area contributed by atoms with E-state index in [2.05, 4.69) is 0 Å². The highest BCUT2D eigenvalue weighted by Crippen LogP contribution is 2.17. The number of ether oxygens (including phenoxy) is 1. The van der Waals surface area contributed by atoms with Crippen LogP contribution >= 0.6 is 0 Å². The Balaban J connectivity index is 2.78. The van der Waals surface area contributed by atoms with Gasteiger partial charge in [0.25, 0.3) is 0 Å². The second-order valence-corrected chi connectivity index (χ2v) is 3.46. The third-order valence-electron chi connectivity index (χ3n) is 2.28. The number of hydrogen-bond donors (Lipinski definition) is 2. The fourth-order valence-corrected chi connectivity index (χ4v) is 1.33. The first-order chi connectivity index (χ1) is 8.10. The van der Waals surface area contributed by atoms with Gasteiger partial charge in [-0.3, -0.25) is 4.79 Å². The molecule has 0 fully saturated rings. The topological polar surface area (TPSA) is 96.3 Å². The highest BCUT2D eigenvalue weighted by Gasteiger charge is 2.25. The average molecular weight is 234 g/mol. The van der Waals surface area contributed by atoms with E-state index in [1.54, 1.807) is 31.2 Å². The molecule has 90 valence electrons. The maximum absolute atomic E-state index is 11.3. The smallest absolute Gasteiger partial charge is 0.325 e. The van der Waals surface area contributed by atoms with Gasteiger partial charge in [-0.25, -0.2) is 0 Å². The zero-order valence-corrected chi connectivity index (χ0v) is 9.46. The van der Waals surface area contributed by atoms with Crippen molar-refractivity contribution in [2.24, 2.45) is 5.73 Å². The van der Waals surface area contributed by atoms with Crippen LogP contribution in [-0.4, -0.2) is 23.7 Å². The van der Waals surface area contributed by atoms with Gasteiger partial charge in [-0.2, -0.15) is 5.26 Å². The summed E-state index contributed by atoms with van der Waals surface area (Å²) < 4.78 is 4.71. The second kappa shape index (κ2) is 5.99. The van der Waals surface area contributed by atoms with E-state index in [-0.39, 0.29) is 6.61 Å². The largest absolute Gasteiger partial charge is 0.465 e. The number of carbonyl (C=O) groups excluding carboxylic acids is 1. The minimum atomic E-state index is -1.14. The average Bonchev–Trinajstić information content (AvgIpc) is 2.37. The van der Waals surface area contributed by atoms with E-state index in [1.165, 1.54) is 0 Å². The zero-order chi connectivity index (χ0) is 12.8. The van der Waals surface area contributed by atoms with Crippen LogP contribution in [0.3, 0.4) is 0 Å². The van der Waals surface area contributed by atoms with Crippen LogP contribution in [0.1, 0.15) is 24.2 Å². The van der Waals surface area contributed by atoms with E-state index >= 15 is 0 Å². The minimum Gasteiger partial charge on any atom is -0.465 e. The number of hydrogen-bond acceptors (Lipinski definition) is 5. The Morgan fingerprint density at radius 1 is 1.53 bits per heavy atom. The monoisotopic (exact) mass is 234 g/mol. The normalized spacial score (nSPS) is 13.5. The molecule has 0 heterocycles. The standard InChI is InChI=1S/C12H14N2O3/c1-2-17-12(16)10(14)11(15)9-5-3-8(7-13)4-6-9/h3-6,10-11,15H,2,14H2,1H3. The van der Waals surface area contributed by atoms with Crippen molar-refractivity contribution in [3.63, 3.8) is 0 Å². The Bertz CT molecular complexity index is 422. The molecule has 0 aliphatic heterocycles. The quantitative estimate of drug-likeness (QED) is 0.739. The molecule has 0 spiro atoms. The fraction of sp³-hybridized carbons (Fsp3) is 0.333. The summed E-state index contributed by atoms with van der Waals surface area (Å²) in [6, 6.07) is 7.06. The number of carbonyl (C=O) groups is 1. The van der Waals surface area contributed by atoms with Crippen molar-refractivity contribution in [1.82, 2.24) is 0 Å². The zero-order valence-electron chi connectivity index (χ0n) is 9.46. The summed E-state index contributed by atoms with van der Waals surface area (Å²) in [4.78, 5) is 11.3. The maximum atomic E-state index is 11.3. The van der Waals surface area contributed by atoms with Crippen LogP contribution in [0.5, 0.6) is 0 Å². The van der Waals surface area contributed by atoms with Crippen molar-refractivity contribution >= 4 is 5.97 Å². The molecule has 17 heavy (non-hydrogen) atoms. The predicted molar refractivity (Wildman–Crippen MR) is 60.7 cm³/mol. The summed E-state index contributed by atoms with van der Waals surface area (Å²) >= 11 is 0. The van der Waals surface area contributed by atoms with Crippen LogP contribution in [0.15, 0.2) is 24.3 Å². The molecular formula is C12H14N2O3. The van der Waals surface area contributed by atoms with Crippen molar-refractivity contribution in [2.75, 3.05) is 6.61 Å². The van der Waals surface area contributed by atoms with Gasteiger partial charge in [0.2, 0.25) is 0 Å². The lowest BCUT2D eigenvalue weighted by Gasteiger charge is -2.17. The van der Waals surface area contributed by atoms with Gasteiger partial charge in [0.05, 0.1) is 18.2 Å². The molecule has 0 aliphatic rings. The first-order valence-corrected chi connectivity index (χ1v) is 5.20. The Morgan fingerprint density at radius 3 is 2.59 bits per heavy atom. The number of aliphatic hydroxyl groups excluding tert-OH is 1. The lowest BCUT2D eigenvalue weighted by molar-refractivity contribution is -0.147. The van der Waals surface area contributed by atoms with Crippen molar-refractivity contribution < 1.29 is 14.6 Å². The molecule has 2 atom stereocenters. The third kappa shape index (κ3) is 3.28. The summed E-state index contributed by atoms with van der Waals surface area (Å²) in [5, 5.41) is 18.5. The number of rotatable bonds is 4. The Labute approximate surface area is 99.4 Å². The Hall–Kier alpha value is -1.90. The highest BCUT2D eigenvalue weighted by molar-refractivity contribution is 5.76. The second-order valence-electron chi connectivity index (χ2n) is 3.46. The fourth-order valence-electron chi connectivity index (χ4n) is 1.33. The minimum absolute atomic E-state index is 0.215. The lowest BCUT2D eigenvalue weighted by atomic mass is 10.0. The molecule has 0 saturated carbocycles. The molecule has 0 radical (unpaired) electrons. The van der Waals surface area contributed by atoms with Crippen LogP contribution < -0.4 is 5.73 Å². The van der Waals surface area contributed by atoms with Gasteiger partial charge >= 0.3 is 5.97 Å². The molecule has 0 aliphatic carbocycles. The van der Waals surface area contributed by atoms with E-state index in [4.69, 9.17) is 15.7 Å². The number of nitrogens with two attached hydrogens (primary N) is 1. The molecule has 1 rings (SSSR count). The van der Waals surface area contributed by atoms with E-state index in [9.17, 15) is 9.90 Å². The van der Waals surface area contributed by atoms with Gasteiger partial charge in [-0.05, 0) is 24.6 Å². The van der Waals surface area contributed by atoms with E-state index in [0.29, 0.717) is 11.1 Å². The molecule has 0 aromatic heterocycles. The van der Waals surface area contributed by atoms with E-state index in [1.807, 2.05) is 6.07 Å². The molecule has 2 unspecified atom stereocenters. The number of esters is 1. The summed E-state index contributed by atoms with van der Waals surface area (Å²) in [6.07, 6.45) is -1.14. The predicted octanol–water partition coefficient (Wildman–Crippen LogP) is 0.482. The molecule has 1 aromatic carbocycles. The van der Waals surface area contributed by atoms with Gasteiger partial charge in [-0.1, -0.05) is 12.1 Å². The highest BCUT2D eigenvalue weighted by atomic mass is 16.5. The van der Waals surface area contributed by atoms with Gasteiger partial charge in [-0.15, -0.1) is 0 Å². The lowest BCUT2D eigenvalue weighted by Crippen LogP contribution is -2.38. The number of nitrogens with zero attached hydrogens (tertiary/aromatic N) is 1. The Morgan fingerprint density at radius 2 is 2.12 bits per heavy atom. The van der Waals surface area contributed by atoms with Crippen molar-refractivity contribution in [1.29, 1.82) is 5.26 Å². The van der Waals surface area contributed by atoms with Crippen molar-refractivity contribution in [3.8, 4) is 6.07 Å². The third-order valence-corrected chi connectivity index (χ3v) is 2.28. The summed E-state index contributed by atoms with van der Waals surface area (Å²) in [6.45, 7) is 1.88. The van der Waals surface area contributed by atoms with Crippen LogP contribution in [-0.2, 0) is 9.53 Å². The van der Waals surface area contributed by atoms with Gasteiger partial charge in [0, 0.05) is 0 Å². The van der Waals surface area contributed by atoms with Gasteiger partial charge in [0.15, 0.2) is 0 Å². The summed E-state index contributed by atoms with van der Waals surface area (Å²) in [5.41, 5.74) is 6.51. The molecule has 0 bridgehead atoms. The SMILES string of the molecule is CCOC(=O)C(N)C(O)c1ccc(C#N)cc1. The van der Waals surface area contributed by atoms with Crippen LogP contribution in [0.4, 0.5) is 0 Å². The van der Waals surface area contributed by atoms with E-state index in [0.717, 1.165) is 0 Å². The number of benzene rings is 1. The molecule has 3 N–H and O–H groups in total. The summed E-state index contributed by atoms with van der Waals surface area (Å²) in [7, 11) is 0. The van der Waals surface area contributed by atoms with Crippen LogP contribution in [0, 0.1) is 11.3 Å². The van der Waals surface area contributed by atoms with Crippen LogP contribution in [0.25, 0.3) is 0 Å².